The van der Waals surface area contributed by atoms with E-state index in [1.807, 2.05) is 18.7 Å². The molecule has 0 radical (unpaired) electrons. The molecule has 1 heterocycles. The van der Waals surface area contributed by atoms with Crippen LogP contribution in [0.25, 0.3) is 0 Å². The zero-order chi connectivity index (χ0) is 20.5. The van der Waals surface area contributed by atoms with Gasteiger partial charge in [-0.15, -0.1) is 0 Å². The van der Waals surface area contributed by atoms with Gasteiger partial charge in [-0.1, -0.05) is 29.4 Å². The topological polar surface area (TPSA) is 41.9 Å². The van der Waals surface area contributed by atoms with E-state index in [2.05, 4.69) is 4.99 Å². The lowest BCUT2D eigenvalue weighted by Crippen LogP contribution is -2.29. The lowest BCUT2D eigenvalue weighted by atomic mass is 10.1. The Morgan fingerprint density at radius 2 is 2.04 bits per heavy atom. The second kappa shape index (κ2) is 8.09. The molecule has 148 valence electrons. The molecule has 3 rings (SSSR count). The van der Waals surface area contributed by atoms with Crippen molar-refractivity contribution in [1.82, 2.24) is 4.90 Å². The first-order valence-electron chi connectivity index (χ1n) is 8.53. The molecule has 0 unspecified atom stereocenters. The van der Waals surface area contributed by atoms with Crippen LogP contribution in [0, 0.1) is 11.6 Å². The van der Waals surface area contributed by atoms with Crippen molar-refractivity contribution in [1.29, 1.82) is 0 Å². The molecule has 4 nitrogen and oxygen atoms in total. The number of halogens is 3. The van der Waals surface area contributed by atoms with E-state index in [0.717, 1.165) is 6.07 Å². The van der Waals surface area contributed by atoms with Gasteiger partial charge in [0, 0.05) is 34.5 Å². The molecule has 1 amide bonds. The van der Waals surface area contributed by atoms with Gasteiger partial charge < -0.3 is 9.64 Å². The van der Waals surface area contributed by atoms with Crippen molar-refractivity contribution in [2.75, 3.05) is 13.7 Å². The first-order chi connectivity index (χ1) is 13.2. The maximum absolute atomic E-state index is 14.1. The summed E-state index contributed by atoms with van der Waals surface area (Å²) in [5, 5.41) is 0.870. The van der Waals surface area contributed by atoms with Crippen molar-refractivity contribution >= 4 is 34.4 Å². The van der Waals surface area contributed by atoms with Gasteiger partial charge in [0.15, 0.2) is 5.17 Å². The fraction of sp³-hybridized carbons (Fsp3) is 0.300. The van der Waals surface area contributed by atoms with Crippen molar-refractivity contribution in [3.05, 3.63) is 64.2 Å². The van der Waals surface area contributed by atoms with Crippen LogP contribution in [0.4, 0.5) is 8.78 Å². The van der Waals surface area contributed by atoms with E-state index < -0.39 is 17.5 Å². The number of hydrogen-bond donors (Lipinski definition) is 0. The lowest BCUT2D eigenvalue weighted by molar-refractivity contribution is 0.0998. The third-order valence-electron chi connectivity index (χ3n) is 4.18. The summed E-state index contributed by atoms with van der Waals surface area (Å²) < 4.78 is 32.3. The molecule has 2 aromatic rings. The molecule has 1 saturated heterocycles. The zero-order valence-corrected chi connectivity index (χ0v) is 17.2. The predicted octanol–water partition coefficient (Wildman–Crippen LogP) is 5.15. The van der Waals surface area contributed by atoms with Gasteiger partial charge in [0.1, 0.15) is 17.4 Å². The Bertz CT molecular complexity index is 950. The van der Waals surface area contributed by atoms with Gasteiger partial charge in [0.2, 0.25) is 0 Å². The predicted molar refractivity (Wildman–Crippen MR) is 108 cm³/mol. The Morgan fingerprint density at radius 1 is 1.29 bits per heavy atom. The Kier molecular flexibility index (Phi) is 5.95. The Labute approximate surface area is 171 Å². The maximum Gasteiger partial charge on any atom is 0.283 e. The highest BCUT2D eigenvalue weighted by Crippen LogP contribution is 2.37. The number of methoxy groups -OCH3 is 1. The molecule has 0 bridgehead atoms. The Morgan fingerprint density at radius 3 is 2.71 bits per heavy atom. The van der Waals surface area contributed by atoms with Crippen LogP contribution in [0.15, 0.2) is 41.4 Å². The highest BCUT2D eigenvalue weighted by atomic mass is 35.5. The van der Waals surface area contributed by atoms with E-state index in [1.165, 1.54) is 37.1 Å². The molecule has 8 heteroatoms. The molecule has 2 aromatic carbocycles. The van der Waals surface area contributed by atoms with Gasteiger partial charge in [-0.2, -0.15) is 4.99 Å². The van der Waals surface area contributed by atoms with Gasteiger partial charge in [-0.3, -0.25) is 4.79 Å². The van der Waals surface area contributed by atoms with Gasteiger partial charge in [0.05, 0.1) is 12.7 Å². The number of nitrogens with zero attached hydrogens (tertiary/aromatic N) is 2. The number of carbonyl (C=O) groups excluding carboxylic acids is 1. The SMILES string of the molecule is COc1ccc(Cl)cc1C(=O)/N=C1\SC(C)(C)CN1Cc1ccc(F)cc1F. The van der Waals surface area contributed by atoms with Gasteiger partial charge in [0.25, 0.3) is 5.91 Å². The summed E-state index contributed by atoms with van der Waals surface area (Å²) in [6.45, 7) is 4.77. The lowest BCUT2D eigenvalue weighted by Gasteiger charge is -2.20. The van der Waals surface area contributed by atoms with E-state index in [-0.39, 0.29) is 16.9 Å². The summed E-state index contributed by atoms with van der Waals surface area (Å²) in [6.07, 6.45) is 0. The molecule has 28 heavy (non-hydrogen) atoms. The smallest absolute Gasteiger partial charge is 0.283 e. The van der Waals surface area contributed by atoms with Crippen LogP contribution in [0.3, 0.4) is 0 Å². The largest absolute Gasteiger partial charge is 0.496 e. The number of hydrogen-bond acceptors (Lipinski definition) is 3. The second-order valence-electron chi connectivity index (χ2n) is 7.00. The highest BCUT2D eigenvalue weighted by molar-refractivity contribution is 8.15. The van der Waals surface area contributed by atoms with Crippen molar-refractivity contribution in [2.24, 2.45) is 4.99 Å². The van der Waals surface area contributed by atoms with Crippen molar-refractivity contribution in [3.8, 4) is 5.75 Å². The van der Waals surface area contributed by atoms with Crippen LogP contribution >= 0.6 is 23.4 Å². The Balaban J connectivity index is 1.91. The minimum absolute atomic E-state index is 0.182. The monoisotopic (exact) mass is 424 g/mol. The molecule has 1 aliphatic heterocycles. The summed E-state index contributed by atoms with van der Waals surface area (Å²) in [6, 6.07) is 8.20. The van der Waals surface area contributed by atoms with Crippen LogP contribution in [-0.4, -0.2) is 34.4 Å². The van der Waals surface area contributed by atoms with Crippen LogP contribution in [0.5, 0.6) is 5.75 Å². The standard InChI is InChI=1S/C20H19ClF2N2O2S/c1-20(2)11-25(10-12-4-6-14(22)9-16(12)23)19(28-20)24-18(26)15-8-13(21)5-7-17(15)27-3/h4-9H,10-11H2,1-3H3/b24-19-. The van der Waals surface area contributed by atoms with E-state index in [9.17, 15) is 13.6 Å². The van der Waals surface area contributed by atoms with E-state index in [1.54, 1.807) is 12.1 Å². The van der Waals surface area contributed by atoms with Gasteiger partial charge >= 0.3 is 0 Å². The number of amidine groups is 1. The number of rotatable bonds is 4. The number of amides is 1. The molecule has 0 atom stereocenters. The van der Waals surface area contributed by atoms with Crippen LogP contribution in [0.2, 0.25) is 5.02 Å². The number of aliphatic imine (C=N–C) groups is 1. The van der Waals surface area contributed by atoms with Crippen LogP contribution < -0.4 is 4.74 Å². The first kappa shape index (κ1) is 20.6. The fourth-order valence-electron chi connectivity index (χ4n) is 2.94. The number of carbonyl (C=O) groups is 1. The molecule has 1 fully saturated rings. The molecular formula is C20H19ClF2N2O2S. The van der Waals surface area contributed by atoms with Gasteiger partial charge in [-0.25, -0.2) is 8.78 Å². The summed E-state index contributed by atoms with van der Waals surface area (Å²) >= 11 is 7.43. The quantitative estimate of drug-likeness (QED) is 0.680. The number of thioether (sulfide) groups is 1. The summed E-state index contributed by atoms with van der Waals surface area (Å²) in [7, 11) is 1.46. The van der Waals surface area contributed by atoms with Crippen LogP contribution in [-0.2, 0) is 6.54 Å². The van der Waals surface area contributed by atoms with Crippen molar-refractivity contribution < 1.29 is 18.3 Å². The summed E-state index contributed by atoms with van der Waals surface area (Å²) in [4.78, 5) is 18.8. The number of benzene rings is 2. The third-order valence-corrected chi connectivity index (χ3v) is 5.62. The van der Waals surface area contributed by atoms with E-state index in [4.69, 9.17) is 16.3 Å². The number of ether oxygens (including phenoxy) is 1. The first-order valence-corrected chi connectivity index (χ1v) is 9.72. The summed E-state index contributed by atoms with van der Waals surface area (Å²) in [5.74, 6) is -1.38. The molecule has 0 aliphatic carbocycles. The van der Waals surface area contributed by atoms with Crippen molar-refractivity contribution in [2.45, 2.75) is 25.1 Å². The molecule has 0 aromatic heterocycles. The molecule has 0 saturated carbocycles. The molecule has 0 spiro atoms. The minimum atomic E-state index is -0.630. The van der Waals surface area contributed by atoms with E-state index in [0.29, 0.717) is 28.0 Å². The summed E-state index contributed by atoms with van der Waals surface area (Å²) in [5.41, 5.74) is 0.584. The van der Waals surface area contributed by atoms with E-state index >= 15 is 0 Å². The average Bonchev–Trinajstić information content (AvgIpc) is 2.90. The molecule has 0 N–H and O–H groups in total. The van der Waals surface area contributed by atoms with Crippen molar-refractivity contribution in [3.63, 3.8) is 0 Å². The normalized spacial score (nSPS) is 17.2. The fourth-order valence-corrected chi connectivity index (χ4v) is 4.21. The molecular weight excluding hydrogens is 406 g/mol. The zero-order valence-electron chi connectivity index (χ0n) is 15.6. The third kappa shape index (κ3) is 4.64. The highest BCUT2D eigenvalue weighted by Gasteiger charge is 2.36. The van der Waals surface area contributed by atoms with Gasteiger partial charge in [-0.05, 0) is 38.1 Å². The Hall–Kier alpha value is -2.12. The maximum atomic E-state index is 14.1. The van der Waals surface area contributed by atoms with Crippen LogP contribution in [0.1, 0.15) is 29.8 Å². The molecule has 1 aliphatic rings. The minimum Gasteiger partial charge on any atom is -0.496 e. The average molecular weight is 425 g/mol. The second-order valence-corrected chi connectivity index (χ2v) is 9.11.